The van der Waals surface area contributed by atoms with Crippen LogP contribution in [0, 0.1) is 0 Å². The number of hydrogen-bond donors (Lipinski definition) is 0. The van der Waals surface area contributed by atoms with Gasteiger partial charge >= 0.3 is 0 Å². The molecule has 0 radical (unpaired) electrons. The molecule has 0 N–H and O–H groups in total. The van der Waals surface area contributed by atoms with Crippen molar-refractivity contribution in [3.8, 4) is 5.75 Å². The molecule has 4 heteroatoms. The number of ether oxygens (including phenoxy) is 1. The normalized spacial score (nSPS) is 10.6. The van der Waals surface area contributed by atoms with E-state index >= 15 is 0 Å². The molecule has 18 heavy (non-hydrogen) atoms. The molecule has 0 aliphatic rings. The molecule has 4 nitrogen and oxygen atoms in total. The lowest BCUT2D eigenvalue weighted by molar-refractivity contribution is -0.118. The van der Waals surface area contributed by atoms with Crippen LogP contribution in [0.3, 0.4) is 0 Å². The van der Waals surface area contributed by atoms with E-state index in [9.17, 15) is 9.59 Å². The topological polar surface area (TPSA) is 56.5 Å². The highest BCUT2D eigenvalue weighted by atomic mass is 16.5. The van der Waals surface area contributed by atoms with Crippen molar-refractivity contribution in [1.29, 1.82) is 0 Å². The van der Waals surface area contributed by atoms with Gasteiger partial charge in [-0.05, 0) is 12.1 Å². The average Bonchev–Trinajstić information content (AvgIpc) is 2.39. The Morgan fingerprint density at radius 2 is 2.06 bits per heavy atom. The summed E-state index contributed by atoms with van der Waals surface area (Å²) < 4.78 is 10.7. The molecule has 0 fully saturated rings. The summed E-state index contributed by atoms with van der Waals surface area (Å²) in [4.78, 5) is 23.6. The molecule has 94 valence electrons. The second kappa shape index (κ2) is 5.04. The lowest BCUT2D eigenvalue weighted by Gasteiger charge is -2.07. The van der Waals surface area contributed by atoms with Gasteiger partial charge in [-0.15, -0.1) is 0 Å². The summed E-state index contributed by atoms with van der Waals surface area (Å²) in [5, 5.41) is 0.460. The minimum absolute atomic E-state index is 0.00623. The van der Waals surface area contributed by atoms with Gasteiger partial charge in [-0.25, -0.2) is 0 Å². The number of methoxy groups -OCH3 is 1. The molecule has 0 spiro atoms. The van der Waals surface area contributed by atoms with E-state index in [0.717, 1.165) is 0 Å². The van der Waals surface area contributed by atoms with Crippen LogP contribution in [-0.4, -0.2) is 12.9 Å². The molecule has 0 aliphatic heterocycles. The van der Waals surface area contributed by atoms with E-state index in [1.807, 2.05) is 0 Å². The van der Waals surface area contributed by atoms with E-state index in [1.165, 1.54) is 7.11 Å². The molecule has 1 aromatic carbocycles. The highest BCUT2D eigenvalue weighted by Gasteiger charge is 2.16. The zero-order chi connectivity index (χ0) is 13.1. The first-order valence-electron chi connectivity index (χ1n) is 5.77. The van der Waals surface area contributed by atoms with Crippen molar-refractivity contribution in [2.24, 2.45) is 0 Å². The number of Topliss-reactive ketones (excluding diaryl/α,β-unsaturated/α-hetero) is 1. The smallest absolute Gasteiger partial charge is 0.234 e. The van der Waals surface area contributed by atoms with Crippen molar-refractivity contribution in [2.75, 3.05) is 7.11 Å². The first-order chi connectivity index (χ1) is 8.67. The second-order valence-electron chi connectivity index (χ2n) is 3.95. The van der Waals surface area contributed by atoms with Crippen LogP contribution < -0.4 is 10.2 Å². The Balaban J connectivity index is 2.65. The van der Waals surface area contributed by atoms with E-state index in [4.69, 9.17) is 9.15 Å². The molecule has 0 aliphatic carbocycles. The number of benzene rings is 1. The summed E-state index contributed by atoms with van der Waals surface area (Å²) in [6.45, 7) is 1.77. The molecule has 0 saturated heterocycles. The number of ketones is 1. The molecular formula is C14H14O4. The van der Waals surface area contributed by atoms with Crippen molar-refractivity contribution in [3.05, 3.63) is 40.2 Å². The Labute approximate surface area is 104 Å². The van der Waals surface area contributed by atoms with E-state index in [-0.39, 0.29) is 23.4 Å². The first kappa shape index (κ1) is 12.4. The Morgan fingerprint density at radius 1 is 1.33 bits per heavy atom. The Bertz CT molecular complexity index is 640. The maximum atomic E-state index is 12.2. The van der Waals surface area contributed by atoms with Crippen molar-refractivity contribution >= 4 is 16.8 Å². The SMILES string of the molecule is CCC(=O)Cc1oc2ccccc2c(=O)c1OC. The van der Waals surface area contributed by atoms with E-state index in [0.29, 0.717) is 23.2 Å². The van der Waals surface area contributed by atoms with Crippen LogP contribution in [0.1, 0.15) is 19.1 Å². The van der Waals surface area contributed by atoms with Crippen LogP contribution in [0.2, 0.25) is 0 Å². The zero-order valence-electron chi connectivity index (χ0n) is 10.4. The van der Waals surface area contributed by atoms with Crippen LogP contribution in [0.4, 0.5) is 0 Å². The molecule has 0 bridgehead atoms. The van der Waals surface area contributed by atoms with E-state index in [2.05, 4.69) is 0 Å². The standard InChI is InChI=1S/C14H14O4/c1-3-9(15)8-12-14(17-2)13(16)10-6-4-5-7-11(10)18-12/h4-7H,3,8H2,1-2H3. The van der Waals surface area contributed by atoms with Gasteiger partial charge in [-0.3, -0.25) is 9.59 Å². The number of hydrogen-bond acceptors (Lipinski definition) is 4. The number of carbonyl (C=O) groups excluding carboxylic acids is 1. The molecule has 0 atom stereocenters. The number of rotatable bonds is 4. The minimum atomic E-state index is -0.238. The lowest BCUT2D eigenvalue weighted by atomic mass is 10.1. The Morgan fingerprint density at radius 3 is 2.72 bits per heavy atom. The maximum Gasteiger partial charge on any atom is 0.234 e. The number of carbonyl (C=O) groups is 1. The third-order valence-electron chi connectivity index (χ3n) is 2.78. The molecule has 0 unspecified atom stereocenters. The fourth-order valence-corrected chi connectivity index (χ4v) is 1.80. The van der Waals surface area contributed by atoms with Gasteiger partial charge in [-0.1, -0.05) is 19.1 Å². The Kier molecular flexibility index (Phi) is 3.46. The van der Waals surface area contributed by atoms with Crippen LogP contribution in [0.15, 0.2) is 33.5 Å². The Hall–Kier alpha value is -2.10. The van der Waals surface area contributed by atoms with Gasteiger partial charge in [0.1, 0.15) is 11.4 Å². The molecule has 0 amide bonds. The fourth-order valence-electron chi connectivity index (χ4n) is 1.80. The quantitative estimate of drug-likeness (QED) is 0.830. The monoisotopic (exact) mass is 246 g/mol. The van der Waals surface area contributed by atoms with E-state index in [1.54, 1.807) is 31.2 Å². The van der Waals surface area contributed by atoms with Crippen LogP contribution in [0.5, 0.6) is 5.75 Å². The van der Waals surface area contributed by atoms with Crippen LogP contribution in [0.25, 0.3) is 11.0 Å². The predicted octanol–water partition coefficient (Wildman–Crippen LogP) is 2.32. The average molecular weight is 246 g/mol. The molecule has 1 aromatic heterocycles. The summed E-state index contributed by atoms with van der Waals surface area (Å²) in [5.74, 6) is 0.426. The summed E-state index contributed by atoms with van der Waals surface area (Å²) in [7, 11) is 1.40. The molecule has 0 saturated carbocycles. The van der Waals surface area contributed by atoms with Crippen LogP contribution >= 0.6 is 0 Å². The largest absolute Gasteiger partial charge is 0.490 e. The summed E-state index contributed by atoms with van der Waals surface area (Å²) in [6.07, 6.45) is 0.486. The second-order valence-corrected chi connectivity index (χ2v) is 3.95. The molecular weight excluding hydrogens is 232 g/mol. The van der Waals surface area contributed by atoms with Crippen molar-refractivity contribution in [1.82, 2.24) is 0 Å². The zero-order valence-corrected chi connectivity index (χ0v) is 10.4. The van der Waals surface area contributed by atoms with Gasteiger partial charge in [0.15, 0.2) is 5.76 Å². The van der Waals surface area contributed by atoms with Crippen molar-refractivity contribution < 1.29 is 13.9 Å². The number of fused-ring (bicyclic) bond motifs is 1. The van der Waals surface area contributed by atoms with Gasteiger partial charge < -0.3 is 9.15 Å². The van der Waals surface area contributed by atoms with Gasteiger partial charge in [-0.2, -0.15) is 0 Å². The lowest BCUT2D eigenvalue weighted by Crippen LogP contribution is -2.11. The third kappa shape index (κ3) is 2.14. The molecule has 1 heterocycles. The van der Waals surface area contributed by atoms with Gasteiger partial charge in [0.2, 0.25) is 11.2 Å². The summed E-state index contributed by atoms with van der Waals surface area (Å²) >= 11 is 0. The third-order valence-corrected chi connectivity index (χ3v) is 2.78. The van der Waals surface area contributed by atoms with Crippen LogP contribution in [-0.2, 0) is 11.2 Å². The van der Waals surface area contributed by atoms with Gasteiger partial charge in [0.25, 0.3) is 0 Å². The summed E-state index contributed by atoms with van der Waals surface area (Å²) in [6, 6.07) is 6.92. The highest BCUT2D eigenvalue weighted by molar-refractivity contribution is 5.82. The minimum Gasteiger partial charge on any atom is -0.490 e. The first-order valence-corrected chi connectivity index (χ1v) is 5.77. The van der Waals surface area contributed by atoms with Crippen molar-refractivity contribution in [2.45, 2.75) is 19.8 Å². The predicted molar refractivity (Wildman–Crippen MR) is 68.0 cm³/mol. The van der Waals surface area contributed by atoms with Gasteiger partial charge in [0.05, 0.1) is 18.9 Å². The summed E-state index contributed by atoms with van der Waals surface area (Å²) in [5.41, 5.74) is 0.237. The molecule has 2 rings (SSSR count). The van der Waals surface area contributed by atoms with Crippen molar-refractivity contribution in [3.63, 3.8) is 0 Å². The highest BCUT2D eigenvalue weighted by Crippen LogP contribution is 2.21. The maximum absolute atomic E-state index is 12.2. The van der Waals surface area contributed by atoms with E-state index < -0.39 is 0 Å². The molecule has 2 aromatic rings. The number of para-hydroxylation sites is 1. The van der Waals surface area contributed by atoms with Gasteiger partial charge in [0, 0.05) is 6.42 Å². The fraction of sp³-hybridized carbons (Fsp3) is 0.286.